The molecule has 20 heavy (non-hydrogen) atoms. The summed E-state index contributed by atoms with van der Waals surface area (Å²) in [4.78, 5) is 18.9. The van der Waals surface area contributed by atoms with Gasteiger partial charge in [-0.15, -0.1) is 11.3 Å². The minimum atomic E-state index is -0.452. The van der Waals surface area contributed by atoms with Crippen molar-refractivity contribution < 1.29 is 9.53 Å². The van der Waals surface area contributed by atoms with Gasteiger partial charge < -0.3 is 10.1 Å². The Balaban J connectivity index is 1.79. The van der Waals surface area contributed by atoms with E-state index in [4.69, 9.17) is 4.74 Å². The number of fused-ring (bicyclic) bond motifs is 1. The number of thiazole rings is 1. The van der Waals surface area contributed by atoms with Crippen molar-refractivity contribution in [2.75, 3.05) is 12.4 Å². The van der Waals surface area contributed by atoms with Gasteiger partial charge in [0.15, 0.2) is 5.13 Å². The summed E-state index contributed by atoms with van der Waals surface area (Å²) in [6.45, 7) is 5.72. The van der Waals surface area contributed by atoms with E-state index < -0.39 is 5.60 Å². The van der Waals surface area contributed by atoms with Crippen LogP contribution in [0.3, 0.4) is 0 Å². The summed E-state index contributed by atoms with van der Waals surface area (Å²) in [5.74, 6) is 0.632. The van der Waals surface area contributed by atoms with E-state index in [0.717, 1.165) is 23.7 Å². The van der Waals surface area contributed by atoms with Gasteiger partial charge in [-0.2, -0.15) is 0 Å². The fourth-order valence-electron chi connectivity index (χ4n) is 2.85. The number of carbonyl (C=O) groups is 1. The van der Waals surface area contributed by atoms with Crippen LogP contribution in [0.25, 0.3) is 0 Å². The van der Waals surface area contributed by atoms with Crippen LogP contribution in [-0.4, -0.2) is 34.7 Å². The number of nitrogens with zero attached hydrogens (tertiary/aromatic N) is 2. The summed E-state index contributed by atoms with van der Waals surface area (Å²) in [5, 5.41) is 5.98. The van der Waals surface area contributed by atoms with Gasteiger partial charge in [0.2, 0.25) is 0 Å². The highest BCUT2D eigenvalue weighted by molar-refractivity contribution is 7.13. The zero-order chi connectivity index (χ0) is 14.5. The molecule has 6 heteroatoms. The van der Waals surface area contributed by atoms with E-state index in [1.165, 1.54) is 0 Å². The number of carbonyl (C=O) groups excluding carboxylic acids is 1. The predicted molar refractivity (Wildman–Crippen MR) is 79.0 cm³/mol. The van der Waals surface area contributed by atoms with Gasteiger partial charge in [0.05, 0.1) is 11.7 Å². The molecule has 1 N–H and O–H groups in total. The Morgan fingerprint density at radius 1 is 1.50 bits per heavy atom. The maximum absolute atomic E-state index is 12.4. The average Bonchev–Trinajstić information content (AvgIpc) is 2.83. The third-order valence-electron chi connectivity index (χ3n) is 3.79. The minimum Gasteiger partial charge on any atom is -0.444 e. The van der Waals surface area contributed by atoms with Gasteiger partial charge in [0.25, 0.3) is 0 Å². The number of rotatable bonds is 2. The smallest absolute Gasteiger partial charge is 0.411 e. The molecule has 2 heterocycles. The quantitative estimate of drug-likeness (QED) is 0.910. The molecule has 1 aliphatic heterocycles. The standard InChI is InChI=1S/C14H21N3O2S/c1-14(2,3)19-13(18)17-10-5-8(10)6-11(17)9-7-20-12(15-4)16-9/h7-8,10-11H,5-6H2,1-4H3,(H,15,16)/t8-,10-,11+/m0/s1. The first-order valence-electron chi connectivity index (χ1n) is 7.03. The summed E-state index contributed by atoms with van der Waals surface area (Å²) in [5.41, 5.74) is 0.532. The molecule has 0 spiro atoms. The summed E-state index contributed by atoms with van der Waals surface area (Å²) in [6, 6.07) is 0.432. The summed E-state index contributed by atoms with van der Waals surface area (Å²) in [7, 11) is 1.86. The minimum absolute atomic E-state index is 0.0759. The third-order valence-corrected chi connectivity index (χ3v) is 4.66. The van der Waals surface area contributed by atoms with Crippen LogP contribution in [0.2, 0.25) is 0 Å². The summed E-state index contributed by atoms with van der Waals surface area (Å²) >= 11 is 1.58. The molecule has 2 aliphatic rings. The fraction of sp³-hybridized carbons (Fsp3) is 0.714. The summed E-state index contributed by atoms with van der Waals surface area (Å²) in [6.07, 6.45) is 1.92. The highest BCUT2D eigenvalue weighted by atomic mass is 32.1. The van der Waals surface area contributed by atoms with Gasteiger partial charge >= 0.3 is 6.09 Å². The molecule has 5 nitrogen and oxygen atoms in total. The number of nitrogens with one attached hydrogen (secondary N) is 1. The van der Waals surface area contributed by atoms with Gasteiger partial charge in [-0.3, -0.25) is 4.90 Å². The topological polar surface area (TPSA) is 54.5 Å². The Hall–Kier alpha value is -1.30. The Morgan fingerprint density at radius 3 is 2.85 bits per heavy atom. The lowest BCUT2D eigenvalue weighted by Crippen LogP contribution is -2.38. The largest absolute Gasteiger partial charge is 0.444 e. The molecule has 110 valence electrons. The Bertz CT molecular complexity index is 523. The maximum atomic E-state index is 12.4. The van der Waals surface area contributed by atoms with Crippen molar-refractivity contribution in [3.05, 3.63) is 11.1 Å². The SMILES string of the molecule is CNc1nc([C@H]2C[C@@H]3C[C@@H]3N2C(=O)OC(C)(C)C)cs1. The van der Waals surface area contributed by atoms with Gasteiger partial charge in [-0.05, 0) is 39.5 Å². The van der Waals surface area contributed by atoms with Crippen molar-refractivity contribution in [3.8, 4) is 0 Å². The molecule has 1 aliphatic carbocycles. The monoisotopic (exact) mass is 295 g/mol. The number of likely N-dealkylation sites (tertiary alicyclic amines) is 1. The average molecular weight is 295 g/mol. The molecular formula is C14H21N3O2S. The number of amides is 1. The molecule has 0 aromatic carbocycles. The molecule has 1 saturated heterocycles. The van der Waals surface area contributed by atoms with Crippen molar-refractivity contribution in [3.63, 3.8) is 0 Å². The van der Waals surface area contributed by atoms with Gasteiger partial charge in [-0.25, -0.2) is 9.78 Å². The van der Waals surface area contributed by atoms with Gasteiger partial charge in [0.1, 0.15) is 5.60 Å². The van der Waals surface area contributed by atoms with Crippen LogP contribution in [-0.2, 0) is 4.74 Å². The second kappa shape index (κ2) is 4.62. The van der Waals surface area contributed by atoms with E-state index in [1.807, 2.05) is 38.1 Å². The first kappa shape index (κ1) is 13.7. The summed E-state index contributed by atoms with van der Waals surface area (Å²) < 4.78 is 5.55. The number of hydrogen-bond acceptors (Lipinski definition) is 5. The van der Waals surface area contributed by atoms with Crippen LogP contribution >= 0.6 is 11.3 Å². The third kappa shape index (κ3) is 2.49. The molecule has 1 amide bonds. The lowest BCUT2D eigenvalue weighted by molar-refractivity contribution is 0.0179. The second-order valence-electron chi connectivity index (χ2n) is 6.53. The van der Waals surface area contributed by atoms with Crippen LogP contribution in [0.1, 0.15) is 45.3 Å². The normalized spacial score (nSPS) is 28.2. The molecule has 3 rings (SSSR count). The molecule has 3 atom stereocenters. The molecule has 0 unspecified atom stereocenters. The van der Waals surface area contributed by atoms with E-state index >= 15 is 0 Å². The second-order valence-corrected chi connectivity index (χ2v) is 7.39. The van der Waals surface area contributed by atoms with Crippen LogP contribution in [0.5, 0.6) is 0 Å². The van der Waals surface area contributed by atoms with E-state index in [1.54, 1.807) is 11.3 Å². The molecule has 2 fully saturated rings. The Morgan fingerprint density at radius 2 is 2.25 bits per heavy atom. The van der Waals surface area contributed by atoms with Gasteiger partial charge in [-0.1, -0.05) is 0 Å². The lowest BCUT2D eigenvalue weighted by atomic mass is 10.1. The molecule has 1 aromatic rings. The van der Waals surface area contributed by atoms with Gasteiger partial charge in [0, 0.05) is 18.5 Å². The van der Waals surface area contributed by atoms with Crippen LogP contribution in [0.4, 0.5) is 9.93 Å². The fourth-order valence-corrected chi connectivity index (χ4v) is 3.57. The van der Waals surface area contributed by atoms with E-state index in [2.05, 4.69) is 10.3 Å². The molecule has 1 aromatic heterocycles. The van der Waals surface area contributed by atoms with E-state index in [-0.39, 0.29) is 12.1 Å². The van der Waals surface area contributed by atoms with Crippen molar-refractivity contribution in [2.45, 2.75) is 51.3 Å². The van der Waals surface area contributed by atoms with Crippen molar-refractivity contribution in [2.24, 2.45) is 5.92 Å². The molecule has 0 bridgehead atoms. The van der Waals surface area contributed by atoms with Crippen molar-refractivity contribution >= 4 is 22.6 Å². The lowest BCUT2D eigenvalue weighted by Gasteiger charge is -2.29. The number of piperidine rings is 1. The number of aromatic nitrogens is 1. The zero-order valence-corrected chi connectivity index (χ0v) is 13.2. The molecular weight excluding hydrogens is 274 g/mol. The number of hydrogen-bond donors (Lipinski definition) is 1. The van der Waals surface area contributed by atoms with Crippen LogP contribution in [0.15, 0.2) is 5.38 Å². The van der Waals surface area contributed by atoms with Crippen molar-refractivity contribution in [1.29, 1.82) is 0 Å². The first-order chi connectivity index (χ1) is 9.39. The molecule has 0 radical (unpaired) electrons. The highest BCUT2D eigenvalue weighted by Crippen LogP contribution is 2.54. The maximum Gasteiger partial charge on any atom is 0.411 e. The highest BCUT2D eigenvalue weighted by Gasteiger charge is 2.55. The molecule has 1 saturated carbocycles. The zero-order valence-electron chi connectivity index (χ0n) is 12.3. The number of anilines is 1. The van der Waals surface area contributed by atoms with Crippen LogP contribution < -0.4 is 5.32 Å². The predicted octanol–water partition coefficient (Wildman–Crippen LogP) is 3.26. The first-order valence-corrected chi connectivity index (χ1v) is 7.91. The number of ether oxygens (including phenoxy) is 1. The van der Waals surface area contributed by atoms with Crippen molar-refractivity contribution in [1.82, 2.24) is 9.88 Å². The Kier molecular flexibility index (Phi) is 3.16. The van der Waals surface area contributed by atoms with E-state index in [0.29, 0.717) is 12.0 Å². The van der Waals surface area contributed by atoms with E-state index in [9.17, 15) is 4.79 Å². The Labute approximate surface area is 123 Å². The van der Waals surface area contributed by atoms with Crippen LogP contribution in [0, 0.1) is 5.92 Å².